The van der Waals surface area contributed by atoms with Crippen LogP contribution in [0.1, 0.15) is 49.9 Å². The average molecular weight is 325 g/mol. The lowest BCUT2D eigenvalue weighted by Crippen LogP contribution is -2.27. The molecule has 1 aliphatic heterocycles. The van der Waals surface area contributed by atoms with Crippen LogP contribution in [0.4, 0.5) is 5.69 Å². The number of nitrogen functional groups attached to an aromatic ring is 1. The van der Waals surface area contributed by atoms with Crippen LogP contribution in [0.25, 0.3) is 0 Å². The predicted octanol–water partition coefficient (Wildman–Crippen LogP) is 3.97. The Morgan fingerprint density at radius 1 is 1.08 bits per heavy atom. The zero-order valence-electron chi connectivity index (χ0n) is 14.5. The molecule has 4 nitrogen and oxygen atoms in total. The second-order valence-electron chi connectivity index (χ2n) is 6.86. The Balaban J connectivity index is 1.64. The Hall–Kier alpha value is -2.04. The number of hydrogen-bond donors (Lipinski definition) is 3. The Bertz CT molecular complexity index is 671. The van der Waals surface area contributed by atoms with Gasteiger partial charge in [0.25, 0.3) is 0 Å². The van der Waals surface area contributed by atoms with E-state index in [-0.39, 0.29) is 12.1 Å². The summed E-state index contributed by atoms with van der Waals surface area (Å²) < 4.78 is 5.88. The number of benzene rings is 2. The monoisotopic (exact) mass is 325 g/mol. The van der Waals surface area contributed by atoms with E-state index < -0.39 is 0 Å². The number of hydrogen-bond acceptors (Lipinski definition) is 4. The summed E-state index contributed by atoms with van der Waals surface area (Å²) >= 11 is 0. The third-order valence-corrected chi connectivity index (χ3v) is 4.50. The Kier molecular flexibility index (Phi) is 5.38. The maximum atomic E-state index is 6.10. The van der Waals surface area contributed by atoms with Crippen molar-refractivity contribution in [1.29, 1.82) is 0 Å². The second-order valence-corrected chi connectivity index (χ2v) is 6.86. The van der Waals surface area contributed by atoms with Crippen LogP contribution in [0, 0.1) is 5.92 Å². The van der Waals surface area contributed by atoms with Crippen LogP contribution in [0.2, 0.25) is 0 Å². The molecule has 1 saturated heterocycles. The van der Waals surface area contributed by atoms with Gasteiger partial charge in [0.15, 0.2) is 0 Å². The molecule has 0 saturated carbocycles. The van der Waals surface area contributed by atoms with E-state index in [0.717, 1.165) is 36.4 Å². The standard InChI is InChI=1S/C20H27N3O/c1-14(2)10-11-24-16-7-5-6-15(12-16)19-13-20(23-22-19)17-8-3-4-9-18(17)21/h3-9,12,14,19-20,22-23H,10-11,13,21H2,1-2H3. The molecule has 0 spiro atoms. The van der Waals surface area contributed by atoms with Gasteiger partial charge < -0.3 is 10.5 Å². The van der Waals surface area contributed by atoms with E-state index in [0.29, 0.717) is 5.92 Å². The van der Waals surface area contributed by atoms with Crippen LogP contribution in [0.15, 0.2) is 48.5 Å². The first kappa shape index (κ1) is 16.8. The molecule has 2 aromatic rings. The minimum atomic E-state index is 0.224. The molecule has 3 rings (SSSR count). The maximum Gasteiger partial charge on any atom is 0.119 e. The molecule has 1 fully saturated rings. The number of anilines is 1. The maximum absolute atomic E-state index is 6.10. The molecule has 0 bridgehead atoms. The van der Waals surface area contributed by atoms with Gasteiger partial charge in [-0.3, -0.25) is 0 Å². The van der Waals surface area contributed by atoms with Crippen LogP contribution >= 0.6 is 0 Å². The minimum Gasteiger partial charge on any atom is -0.494 e. The number of nitrogens with two attached hydrogens (primary N) is 1. The van der Waals surface area contributed by atoms with Crippen molar-refractivity contribution in [2.24, 2.45) is 5.92 Å². The highest BCUT2D eigenvalue weighted by Gasteiger charge is 2.27. The molecule has 1 heterocycles. The lowest BCUT2D eigenvalue weighted by molar-refractivity contribution is 0.289. The topological polar surface area (TPSA) is 59.3 Å². The van der Waals surface area contributed by atoms with E-state index in [1.54, 1.807) is 0 Å². The van der Waals surface area contributed by atoms with Gasteiger partial charge in [-0.25, -0.2) is 10.9 Å². The highest BCUT2D eigenvalue weighted by atomic mass is 16.5. The molecular formula is C20H27N3O. The number of rotatable bonds is 6. The third kappa shape index (κ3) is 4.08. The van der Waals surface area contributed by atoms with Gasteiger partial charge in [0.2, 0.25) is 0 Å². The summed E-state index contributed by atoms with van der Waals surface area (Å²) in [6, 6.07) is 16.9. The van der Waals surface area contributed by atoms with Gasteiger partial charge in [0.05, 0.1) is 12.6 Å². The second kappa shape index (κ2) is 7.69. The Morgan fingerprint density at radius 2 is 1.88 bits per heavy atom. The highest BCUT2D eigenvalue weighted by Crippen LogP contribution is 2.34. The van der Waals surface area contributed by atoms with E-state index in [2.05, 4.69) is 49.0 Å². The quantitative estimate of drug-likeness (QED) is 0.703. The van der Waals surface area contributed by atoms with E-state index in [4.69, 9.17) is 10.5 Å². The van der Waals surface area contributed by atoms with Crippen molar-refractivity contribution >= 4 is 5.69 Å². The molecule has 4 N–H and O–H groups in total. The lowest BCUT2D eigenvalue weighted by atomic mass is 9.96. The first-order valence-electron chi connectivity index (χ1n) is 8.71. The molecule has 2 unspecified atom stereocenters. The highest BCUT2D eigenvalue weighted by molar-refractivity contribution is 5.48. The van der Waals surface area contributed by atoms with Crippen LogP contribution in [0.5, 0.6) is 5.75 Å². The molecule has 0 aromatic heterocycles. The van der Waals surface area contributed by atoms with Gasteiger partial charge in [-0.1, -0.05) is 44.2 Å². The zero-order valence-corrected chi connectivity index (χ0v) is 14.5. The Morgan fingerprint density at radius 3 is 2.67 bits per heavy atom. The molecule has 24 heavy (non-hydrogen) atoms. The van der Waals surface area contributed by atoms with Crippen molar-refractivity contribution < 1.29 is 4.74 Å². The molecule has 1 aliphatic rings. The number of para-hydroxylation sites is 1. The third-order valence-electron chi connectivity index (χ3n) is 4.50. The predicted molar refractivity (Wildman–Crippen MR) is 98.6 cm³/mol. The summed E-state index contributed by atoms with van der Waals surface area (Å²) in [5.74, 6) is 1.60. The lowest BCUT2D eigenvalue weighted by Gasteiger charge is -2.13. The van der Waals surface area contributed by atoms with Gasteiger partial charge >= 0.3 is 0 Å². The van der Waals surface area contributed by atoms with Crippen molar-refractivity contribution in [1.82, 2.24) is 10.9 Å². The average Bonchev–Trinajstić information content (AvgIpc) is 3.05. The summed E-state index contributed by atoms with van der Waals surface area (Å²) in [6.07, 6.45) is 2.03. The number of ether oxygens (including phenoxy) is 1. The van der Waals surface area contributed by atoms with Crippen molar-refractivity contribution in [2.45, 2.75) is 38.8 Å². The van der Waals surface area contributed by atoms with Gasteiger partial charge in [-0.2, -0.15) is 0 Å². The van der Waals surface area contributed by atoms with Crippen LogP contribution in [-0.2, 0) is 0 Å². The van der Waals surface area contributed by atoms with Gasteiger partial charge in [-0.05, 0) is 48.1 Å². The molecular weight excluding hydrogens is 298 g/mol. The molecule has 0 aliphatic carbocycles. The largest absolute Gasteiger partial charge is 0.494 e. The van der Waals surface area contributed by atoms with Gasteiger partial charge in [0, 0.05) is 11.7 Å². The number of hydrazine groups is 1. The van der Waals surface area contributed by atoms with Crippen molar-refractivity contribution in [2.75, 3.05) is 12.3 Å². The molecule has 128 valence electrons. The smallest absolute Gasteiger partial charge is 0.119 e. The van der Waals surface area contributed by atoms with Gasteiger partial charge in [0.1, 0.15) is 5.75 Å². The van der Waals surface area contributed by atoms with Crippen molar-refractivity contribution in [3.63, 3.8) is 0 Å². The molecule has 2 atom stereocenters. The fourth-order valence-electron chi connectivity index (χ4n) is 3.04. The first-order valence-corrected chi connectivity index (χ1v) is 8.71. The summed E-state index contributed by atoms with van der Waals surface area (Å²) in [4.78, 5) is 0. The van der Waals surface area contributed by atoms with Crippen LogP contribution in [-0.4, -0.2) is 6.61 Å². The Labute approximate surface area is 144 Å². The van der Waals surface area contributed by atoms with E-state index in [1.165, 1.54) is 5.56 Å². The normalized spacial score (nSPS) is 20.5. The van der Waals surface area contributed by atoms with Crippen molar-refractivity contribution in [3.05, 3.63) is 59.7 Å². The fraction of sp³-hybridized carbons (Fsp3) is 0.400. The summed E-state index contributed by atoms with van der Waals surface area (Å²) in [7, 11) is 0. The SMILES string of the molecule is CC(C)CCOc1cccc(C2CC(c3ccccc3N)NN2)c1. The summed E-state index contributed by atoms with van der Waals surface area (Å²) in [5, 5.41) is 0. The number of nitrogens with one attached hydrogen (secondary N) is 2. The van der Waals surface area contributed by atoms with E-state index >= 15 is 0 Å². The first-order chi connectivity index (χ1) is 11.6. The minimum absolute atomic E-state index is 0.224. The molecule has 0 radical (unpaired) electrons. The fourth-order valence-corrected chi connectivity index (χ4v) is 3.04. The molecule has 2 aromatic carbocycles. The van der Waals surface area contributed by atoms with Crippen LogP contribution < -0.4 is 21.3 Å². The van der Waals surface area contributed by atoms with E-state index in [1.807, 2.05) is 24.3 Å². The van der Waals surface area contributed by atoms with Gasteiger partial charge in [-0.15, -0.1) is 0 Å². The van der Waals surface area contributed by atoms with Crippen molar-refractivity contribution in [3.8, 4) is 5.75 Å². The molecule has 0 amide bonds. The zero-order chi connectivity index (χ0) is 16.9. The van der Waals surface area contributed by atoms with E-state index in [9.17, 15) is 0 Å². The summed E-state index contributed by atoms with van der Waals surface area (Å²) in [5.41, 5.74) is 16.1. The molecule has 4 heteroatoms. The van der Waals surface area contributed by atoms with Crippen LogP contribution in [0.3, 0.4) is 0 Å². The summed E-state index contributed by atoms with van der Waals surface area (Å²) in [6.45, 7) is 5.19.